The van der Waals surface area contributed by atoms with Gasteiger partial charge in [0.1, 0.15) is 0 Å². The summed E-state index contributed by atoms with van der Waals surface area (Å²) in [4.78, 5) is 0. The van der Waals surface area contributed by atoms with Gasteiger partial charge in [0, 0.05) is 24.7 Å². The van der Waals surface area contributed by atoms with E-state index in [9.17, 15) is 0 Å². The molecular formula is C12H13ClN2. The van der Waals surface area contributed by atoms with Gasteiger partial charge in [-0.25, -0.2) is 0 Å². The topological polar surface area (TPSA) is 17.8 Å². The normalized spacial score (nSPS) is 10.6. The van der Waals surface area contributed by atoms with Gasteiger partial charge in [0.15, 0.2) is 5.15 Å². The Morgan fingerprint density at radius 2 is 1.93 bits per heavy atom. The van der Waals surface area contributed by atoms with Crippen LogP contribution >= 0.6 is 11.6 Å². The van der Waals surface area contributed by atoms with Crippen molar-refractivity contribution in [3.05, 3.63) is 52.3 Å². The zero-order valence-corrected chi connectivity index (χ0v) is 9.62. The van der Waals surface area contributed by atoms with E-state index >= 15 is 0 Å². The number of hydrogen-bond acceptors (Lipinski definition) is 1. The van der Waals surface area contributed by atoms with Gasteiger partial charge in [0.2, 0.25) is 0 Å². The number of nitrogens with zero attached hydrogens (tertiary/aromatic N) is 2. The van der Waals surface area contributed by atoms with Gasteiger partial charge in [-0.05, 0) is 12.5 Å². The number of hydrogen-bond donors (Lipinski definition) is 0. The smallest absolute Gasteiger partial charge is 0.154 e. The zero-order chi connectivity index (χ0) is 10.8. The minimum Gasteiger partial charge on any atom is -0.271 e. The van der Waals surface area contributed by atoms with E-state index in [1.54, 1.807) is 0 Å². The number of rotatable bonds is 2. The quantitative estimate of drug-likeness (QED) is 0.761. The molecular weight excluding hydrogens is 208 g/mol. The molecule has 0 bridgehead atoms. The molecule has 2 nitrogen and oxygen atoms in total. The Hall–Kier alpha value is -1.28. The van der Waals surface area contributed by atoms with Crippen LogP contribution in [0, 0.1) is 6.92 Å². The van der Waals surface area contributed by atoms with Gasteiger partial charge in [0.25, 0.3) is 0 Å². The van der Waals surface area contributed by atoms with E-state index in [1.165, 1.54) is 11.3 Å². The van der Waals surface area contributed by atoms with Crippen molar-refractivity contribution in [3.63, 3.8) is 0 Å². The SMILES string of the molecule is Cc1c(Cl)nn(C)c1Cc1ccccc1. The molecule has 2 aromatic rings. The molecule has 1 heterocycles. The molecule has 0 unspecified atom stereocenters. The van der Waals surface area contributed by atoms with Crippen molar-refractivity contribution in [2.45, 2.75) is 13.3 Å². The third kappa shape index (κ3) is 2.05. The predicted octanol–water partition coefficient (Wildman–Crippen LogP) is 2.97. The molecule has 0 radical (unpaired) electrons. The molecule has 78 valence electrons. The first kappa shape index (κ1) is 10.2. The number of benzene rings is 1. The van der Waals surface area contributed by atoms with E-state index in [0.29, 0.717) is 5.15 Å². The monoisotopic (exact) mass is 220 g/mol. The van der Waals surface area contributed by atoms with Crippen LogP contribution in [0.3, 0.4) is 0 Å². The summed E-state index contributed by atoms with van der Waals surface area (Å²) in [6.07, 6.45) is 0.878. The molecule has 0 saturated carbocycles. The van der Waals surface area contributed by atoms with Crippen LogP contribution in [-0.4, -0.2) is 9.78 Å². The van der Waals surface area contributed by atoms with E-state index in [4.69, 9.17) is 11.6 Å². The Kier molecular flexibility index (Phi) is 2.78. The van der Waals surface area contributed by atoms with Crippen LogP contribution in [-0.2, 0) is 13.5 Å². The third-order valence-corrected chi connectivity index (χ3v) is 2.94. The average Bonchev–Trinajstić information content (AvgIpc) is 2.47. The molecule has 3 heteroatoms. The minimum atomic E-state index is 0.600. The van der Waals surface area contributed by atoms with Gasteiger partial charge in [-0.1, -0.05) is 41.9 Å². The maximum Gasteiger partial charge on any atom is 0.154 e. The highest BCUT2D eigenvalue weighted by atomic mass is 35.5. The first-order valence-electron chi connectivity index (χ1n) is 4.90. The third-order valence-electron chi connectivity index (χ3n) is 2.59. The maximum atomic E-state index is 5.97. The molecule has 1 aromatic carbocycles. The molecule has 1 aromatic heterocycles. The molecule has 0 atom stereocenters. The maximum absolute atomic E-state index is 5.97. The Morgan fingerprint density at radius 3 is 2.47 bits per heavy atom. The van der Waals surface area contributed by atoms with Crippen molar-refractivity contribution < 1.29 is 0 Å². The molecule has 0 aliphatic rings. The van der Waals surface area contributed by atoms with E-state index in [2.05, 4.69) is 17.2 Å². The van der Waals surface area contributed by atoms with E-state index < -0.39 is 0 Å². The summed E-state index contributed by atoms with van der Waals surface area (Å²) in [5, 5.41) is 4.79. The fraction of sp³-hybridized carbons (Fsp3) is 0.250. The van der Waals surface area contributed by atoms with E-state index in [1.807, 2.05) is 36.9 Å². The molecule has 0 amide bonds. The van der Waals surface area contributed by atoms with Crippen molar-refractivity contribution in [1.29, 1.82) is 0 Å². The van der Waals surface area contributed by atoms with Crippen molar-refractivity contribution >= 4 is 11.6 Å². The Morgan fingerprint density at radius 1 is 1.27 bits per heavy atom. The Balaban J connectivity index is 2.32. The molecule has 0 aliphatic carbocycles. The summed E-state index contributed by atoms with van der Waals surface area (Å²) >= 11 is 5.97. The van der Waals surface area contributed by atoms with Gasteiger partial charge >= 0.3 is 0 Å². The standard InChI is InChI=1S/C12H13ClN2/c1-9-11(15(2)14-12(9)13)8-10-6-4-3-5-7-10/h3-7H,8H2,1-2H3. The summed E-state index contributed by atoms with van der Waals surface area (Å²) in [6, 6.07) is 10.3. The van der Waals surface area contributed by atoms with Crippen LogP contribution < -0.4 is 0 Å². The highest BCUT2D eigenvalue weighted by Crippen LogP contribution is 2.19. The second-order valence-electron chi connectivity index (χ2n) is 3.65. The van der Waals surface area contributed by atoms with E-state index in [0.717, 1.165) is 12.0 Å². The summed E-state index contributed by atoms with van der Waals surface area (Å²) in [6.45, 7) is 2.01. The predicted molar refractivity (Wildman–Crippen MR) is 62.2 cm³/mol. The fourth-order valence-electron chi connectivity index (χ4n) is 1.67. The lowest BCUT2D eigenvalue weighted by atomic mass is 10.1. The first-order chi connectivity index (χ1) is 7.18. The lowest BCUT2D eigenvalue weighted by Gasteiger charge is -2.03. The molecule has 0 aliphatic heterocycles. The second kappa shape index (κ2) is 4.07. The summed E-state index contributed by atoms with van der Waals surface area (Å²) in [5.74, 6) is 0. The van der Waals surface area contributed by atoms with Gasteiger partial charge in [-0.2, -0.15) is 5.10 Å². The van der Waals surface area contributed by atoms with Crippen LogP contribution in [0.15, 0.2) is 30.3 Å². The van der Waals surface area contributed by atoms with Gasteiger partial charge < -0.3 is 0 Å². The van der Waals surface area contributed by atoms with Crippen LogP contribution in [0.4, 0.5) is 0 Å². The highest BCUT2D eigenvalue weighted by molar-refractivity contribution is 6.30. The number of aromatic nitrogens is 2. The Bertz CT molecular complexity index is 460. The highest BCUT2D eigenvalue weighted by Gasteiger charge is 2.10. The fourth-order valence-corrected chi connectivity index (χ4v) is 1.89. The molecule has 2 rings (SSSR count). The van der Waals surface area contributed by atoms with Gasteiger partial charge in [-0.3, -0.25) is 4.68 Å². The van der Waals surface area contributed by atoms with Crippen LogP contribution in [0.25, 0.3) is 0 Å². The summed E-state index contributed by atoms with van der Waals surface area (Å²) in [5.41, 5.74) is 3.52. The molecule has 0 fully saturated rings. The van der Waals surface area contributed by atoms with Crippen LogP contribution in [0.5, 0.6) is 0 Å². The molecule has 0 spiro atoms. The van der Waals surface area contributed by atoms with Crippen molar-refractivity contribution in [1.82, 2.24) is 9.78 Å². The average molecular weight is 221 g/mol. The van der Waals surface area contributed by atoms with Gasteiger partial charge in [0.05, 0.1) is 0 Å². The van der Waals surface area contributed by atoms with Crippen LogP contribution in [0.2, 0.25) is 5.15 Å². The molecule has 0 N–H and O–H groups in total. The summed E-state index contributed by atoms with van der Waals surface area (Å²) in [7, 11) is 1.93. The van der Waals surface area contributed by atoms with Crippen LogP contribution in [0.1, 0.15) is 16.8 Å². The lowest BCUT2D eigenvalue weighted by molar-refractivity contribution is 0.723. The lowest BCUT2D eigenvalue weighted by Crippen LogP contribution is -2.00. The minimum absolute atomic E-state index is 0.600. The zero-order valence-electron chi connectivity index (χ0n) is 8.87. The number of halogens is 1. The van der Waals surface area contributed by atoms with E-state index in [-0.39, 0.29) is 0 Å². The molecule has 0 saturated heterocycles. The van der Waals surface area contributed by atoms with Crippen molar-refractivity contribution in [3.8, 4) is 0 Å². The van der Waals surface area contributed by atoms with Crippen molar-refractivity contribution in [2.24, 2.45) is 7.05 Å². The van der Waals surface area contributed by atoms with Crippen molar-refractivity contribution in [2.75, 3.05) is 0 Å². The first-order valence-corrected chi connectivity index (χ1v) is 5.28. The second-order valence-corrected chi connectivity index (χ2v) is 4.01. The largest absolute Gasteiger partial charge is 0.271 e. The molecule has 15 heavy (non-hydrogen) atoms. The summed E-state index contributed by atoms with van der Waals surface area (Å²) < 4.78 is 1.85. The Labute approximate surface area is 94.5 Å². The van der Waals surface area contributed by atoms with Gasteiger partial charge in [-0.15, -0.1) is 0 Å². The number of aryl methyl sites for hydroxylation is 1.